The minimum Gasteiger partial charge on any atom is -0.366 e. The number of benzene rings is 1. The Kier molecular flexibility index (Phi) is 4.83. The molecule has 0 fully saturated rings. The van der Waals surface area contributed by atoms with Crippen LogP contribution in [0.2, 0.25) is 0 Å². The topological polar surface area (TPSA) is 115 Å². The third kappa shape index (κ3) is 4.10. The summed E-state index contributed by atoms with van der Waals surface area (Å²) in [6, 6.07) is 5.37. The number of carbonyl (C=O) groups is 1. The van der Waals surface area contributed by atoms with E-state index in [1.807, 2.05) is 0 Å². The highest BCUT2D eigenvalue weighted by atomic mass is 32.2. The molecule has 0 aliphatic carbocycles. The van der Waals surface area contributed by atoms with Crippen LogP contribution in [0.3, 0.4) is 0 Å². The monoisotopic (exact) mass is 271 g/mol. The fourth-order valence-corrected chi connectivity index (χ4v) is 2.35. The quantitative estimate of drug-likeness (QED) is 0.664. The average molecular weight is 271 g/mol. The van der Waals surface area contributed by atoms with Crippen LogP contribution in [-0.2, 0) is 10.0 Å². The Balaban J connectivity index is 2.76. The van der Waals surface area contributed by atoms with Gasteiger partial charge in [0.05, 0.1) is 4.90 Å². The molecule has 6 nitrogen and oxygen atoms in total. The molecule has 1 amide bonds. The maximum atomic E-state index is 11.8. The van der Waals surface area contributed by atoms with E-state index in [-0.39, 0.29) is 23.0 Å². The first-order valence-corrected chi connectivity index (χ1v) is 6.96. The predicted octanol–water partition coefficient (Wildman–Crippen LogP) is -0.199. The number of sulfonamides is 1. The van der Waals surface area contributed by atoms with E-state index in [0.717, 1.165) is 0 Å². The van der Waals surface area contributed by atoms with Gasteiger partial charge in [0.2, 0.25) is 15.9 Å². The van der Waals surface area contributed by atoms with E-state index in [4.69, 9.17) is 11.5 Å². The van der Waals surface area contributed by atoms with Crippen molar-refractivity contribution < 1.29 is 13.2 Å². The first-order valence-electron chi connectivity index (χ1n) is 5.48. The van der Waals surface area contributed by atoms with E-state index in [1.165, 1.54) is 24.3 Å². The van der Waals surface area contributed by atoms with E-state index in [2.05, 4.69) is 4.72 Å². The van der Waals surface area contributed by atoms with Crippen molar-refractivity contribution in [2.75, 3.05) is 6.54 Å². The van der Waals surface area contributed by atoms with Crippen molar-refractivity contribution in [1.82, 2.24) is 4.72 Å². The SMILES string of the molecule is CC(N)CCNS(=O)(=O)c1ccc(C(N)=O)cc1. The molecule has 0 radical (unpaired) electrons. The molecule has 1 aromatic rings. The number of rotatable bonds is 6. The Bertz CT molecular complexity index is 509. The van der Waals surface area contributed by atoms with Gasteiger partial charge < -0.3 is 11.5 Å². The second-order valence-corrected chi connectivity index (χ2v) is 5.82. The van der Waals surface area contributed by atoms with Gasteiger partial charge in [-0.05, 0) is 37.6 Å². The van der Waals surface area contributed by atoms with E-state index in [0.29, 0.717) is 6.42 Å². The highest BCUT2D eigenvalue weighted by Gasteiger charge is 2.13. The Hall–Kier alpha value is -1.44. The number of carbonyl (C=O) groups excluding carboxylic acids is 1. The van der Waals surface area contributed by atoms with Gasteiger partial charge in [-0.2, -0.15) is 0 Å². The number of hydrogen-bond donors (Lipinski definition) is 3. The zero-order chi connectivity index (χ0) is 13.8. The van der Waals surface area contributed by atoms with Gasteiger partial charge in [0, 0.05) is 18.2 Å². The van der Waals surface area contributed by atoms with Crippen LogP contribution in [0.4, 0.5) is 0 Å². The lowest BCUT2D eigenvalue weighted by Gasteiger charge is -2.08. The number of primary amides is 1. The summed E-state index contributed by atoms with van der Waals surface area (Å²) in [6.07, 6.45) is 0.554. The van der Waals surface area contributed by atoms with Gasteiger partial charge in [-0.1, -0.05) is 0 Å². The lowest BCUT2D eigenvalue weighted by atomic mass is 10.2. The molecule has 7 heteroatoms. The Labute approximate surface area is 106 Å². The molecule has 100 valence electrons. The molecule has 18 heavy (non-hydrogen) atoms. The van der Waals surface area contributed by atoms with Gasteiger partial charge in [0.15, 0.2) is 0 Å². The van der Waals surface area contributed by atoms with Gasteiger partial charge in [-0.15, -0.1) is 0 Å². The summed E-state index contributed by atoms with van der Waals surface area (Å²) in [4.78, 5) is 10.9. The summed E-state index contributed by atoms with van der Waals surface area (Å²) < 4.78 is 26.1. The first kappa shape index (κ1) is 14.6. The molecule has 0 aliphatic rings. The van der Waals surface area contributed by atoms with Crippen LogP contribution in [-0.4, -0.2) is 26.9 Å². The summed E-state index contributed by atoms with van der Waals surface area (Å²) >= 11 is 0. The van der Waals surface area contributed by atoms with Gasteiger partial charge in [0.25, 0.3) is 0 Å². The van der Waals surface area contributed by atoms with Crippen LogP contribution < -0.4 is 16.2 Å². The minimum atomic E-state index is -3.56. The highest BCUT2D eigenvalue weighted by Crippen LogP contribution is 2.10. The molecule has 0 aromatic heterocycles. The zero-order valence-corrected chi connectivity index (χ0v) is 10.9. The number of nitrogens with two attached hydrogens (primary N) is 2. The van der Waals surface area contributed by atoms with Crippen molar-refractivity contribution in [3.63, 3.8) is 0 Å². The molecule has 1 aromatic carbocycles. The van der Waals surface area contributed by atoms with Crippen LogP contribution >= 0.6 is 0 Å². The largest absolute Gasteiger partial charge is 0.366 e. The summed E-state index contributed by atoms with van der Waals surface area (Å²) in [7, 11) is -3.56. The second-order valence-electron chi connectivity index (χ2n) is 4.05. The van der Waals surface area contributed by atoms with Crippen LogP contribution in [0.1, 0.15) is 23.7 Å². The lowest BCUT2D eigenvalue weighted by molar-refractivity contribution is 0.1000. The molecule has 1 unspecified atom stereocenters. The molecule has 5 N–H and O–H groups in total. The molecule has 0 saturated heterocycles. The molecule has 0 heterocycles. The number of nitrogens with one attached hydrogen (secondary N) is 1. The van der Waals surface area contributed by atoms with Crippen molar-refractivity contribution in [2.24, 2.45) is 11.5 Å². The van der Waals surface area contributed by atoms with Crippen molar-refractivity contribution >= 4 is 15.9 Å². The Morgan fingerprint density at radius 1 is 1.33 bits per heavy atom. The smallest absolute Gasteiger partial charge is 0.248 e. The van der Waals surface area contributed by atoms with Gasteiger partial charge in [-0.25, -0.2) is 13.1 Å². The normalized spacial score (nSPS) is 13.2. The number of amides is 1. The molecule has 0 aliphatic heterocycles. The van der Waals surface area contributed by atoms with Gasteiger partial charge in [0.1, 0.15) is 0 Å². The number of hydrogen-bond acceptors (Lipinski definition) is 4. The van der Waals surface area contributed by atoms with Crippen LogP contribution in [0.15, 0.2) is 29.2 Å². The van der Waals surface area contributed by atoms with Gasteiger partial charge >= 0.3 is 0 Å². The Morgan fingerprint density at radius 3 is 2.33 bits per heavy atom. The highest BCUT2D eigenvalue weighted by molar-refractivity contribution is 7.89. The van der Waals surface area contributed by atoms with E-state index in [1.54, 1.807) is 6.92 Å². The van der Waals surface area contributed by atoms with Crippen molar-refractivity contribution in [2.45, 2.75) is 24.3 Å². The standard InChI is InChI=1S/C11H17N3O3S/c1-8(12)6-7-14-18(16,17)10-4-2-9(3-5-10)11(13)15/h2-5,8,14H,6-7,12H2,1H3,(H2,13,15). The van der Waals surface area contributed by atoms with Gasteiger partial charge in [-0.3, -0.25) is 4.79 Å². The van der Waals surface area contributed by atoms with Crippen LogP contribution in [0.25, 0.3) is 0 Å². The Morgan fingerprint density at radius 2 is 1.89 bits per heavy atom. The summed E-state index contributed by atoms with van der Waals surface area (Å²) in [5.41, 5.74) is 10.9. The maximum Gasteiger partial charge on any atom is 0.248 e. The maximum absolute atomic E-state index is 11.8. The second kappa shape index (κ2) is 5.94. The van der Waals surface area contributed by atoms with E-state index in [9.17, 15) is 13.2 Å². The lowest BCUT2D eigenvalue weighted by Crippen LogP contribution is -2.29. The molecule has 0 spiro atoms. The third-order valence-corrected chi connectivity index (χ3v) is 3.82. The molecular formula is C11H17N3O3S. The molecular weight excluding hydrogens is 254 g/mol. The fourth-order valence-electron chi connectivity index (χ4n) is 1.30. The molecule has 0 saturated carbocycles. The summed E-state index contributed by atoms with van der Waals surface area (Å²) in [6.45, 7) is 2.08. The minimum absolute atomic E-state index is 0.0649. The van der Waals surface area contributed by atoms with Crippen LogP contribution in [0, 0.1) is 0 Å². The first-order chi connectivity index (χ1) is 8.33. The molecule has 1 atom stereocenters. The summed E-state index contributed by atoms with van der Waals surface area (Å²) in [5, 5.41) is 0. The molecule has 1 rings (SSSR count). The van der Waals surface area contributed by atoms with E-state index < -0.39 is 15.9 Å². The van der Waals surface area contributed by atoms with Crippen molar-refractivity contribution in [3.05, 3.63) is 29.8 Å². The fraction of sp³-hybridized carbons (Fsp3) is 0.364. The van der Waals surface area contributed by atoms with Crippen LogP contribution in [0.5, 0.6) is 0 Å². The van der Waals surface area contributed by atoms with Crippen molar-refractivity contribution in [1.29, 1.82) is 0 Å². The predicted molar refractivity (Wildman–Crippen MR) is 68.4 cm³/mol. The zero-order valence-electron chi connectivity index (χ0n) is 10.1. The third-order valence-electron chi connectivity index (χ3n) is 2.34. The molecule has 0 bridgehead atoms. The summed E-state index contributed by atoms with van der Waals surface area (Å²) in [5.74, 6) is -0.594. The van der Waals surface area contributed by atoms with E-state index >= 15 is 0 Å². The average Bonchev–Trinajstić information content (AvgIpc) is 2.28. The van der Waals surface area contributed by atoms with Crippen molar-refractivity contribution in [3.8, 4) is 0 Å².